The minimum absolute atomic E-state index is 0.0399. The van der Waals surface area contributed by atoms with Gasteiger partial charge >= 0.3 is 12.0 Å². The van der Waals surface area contributed by atoms with Crippen LogP contribution in [0, 0.1) is 0 Å². The maximum atomic E-state index is 12.7. The molecule has 26 heavy (non-hydrogen) atoms. The van der Waals surface area contributed by atoms with E-state index < -0.39 is 18.6 Å². The number of hydrogen-bond acceptors (Lipinski definition) is 6. The summed E-state index contributed by atoms with van der Waals surface area (Å²) in [7, 11) is 1.62. The molecule has 2 heterocycles. The lowest BCUT2D eigenvalue weighted by Gasteiger charge is -2.24. The Kier molecular flexibility index (Phi) is 5.01. The smallest absolute Gasteiger partial charge is 0.335 e. The van der Waals surface area contributed by atoms with Crippen molar-refractivity contribution >= 4 is 45.2 Å². The van der Waals surface area contributed by atoms with Gasteiger partial charge in [0.05, 0.1) is 22.7 Å². The van der Waals surface area contributed by atoms with Crippen molar-refractivity contribution in [2.45, 2.75) is 20.0 Å². The molecule has 3 rings (SSSR count). The van der Waals surface area contributed by atoms with Crippen molar-refractivity contribution in [3.8, 4) is 0 Å². The third-order valence-corrected chi connectivity index (χ3v) is 4.94. The van der Waals surface area contributed by atoms with Crippen LogP contribution in [0.5, 0.6) is 0 Å². The van der Waals surface area contributed by atoms with Crippen molar-refractivity contribution in [3.63, 3.8) is 0 Å². The lowest BCUT2D eigenvalue weighted by atomic mass is 10.2. The summed E-state index contributed by atoms with van der Waals surface area (Å²) in [5.41, 5.74) is 1.74. The maximum Gasteiger partial charge on any atom is 0.335 e. The zero-order valence-electron chi connectivity index (χ0n) is 14.3. The first-order chi connectivity index (χ1) is 12.4. The average Bonchev–Trinajstić information content (AvgIpc) is 2.97. The Morgan fingerprint density at radius 1 is 1.38 bits per heavy atom. The fourth-order valence-electron chi connectivity index (χ4n) is 2.58. The summed E-state index contributed by atoms with van der Waals surface area (Å²) in [5.74, 6) is -1.37. The van der Waals surface area contributed by atoms with Gasteiger partial charge in [-0.25, -0.2) is 14.5 Å². The van der Waals surface area contributed by atoms with Crippen LogP contribution in [0.15, 0.2) is 30.0 Å². The molecule has 0 spiro atoms. The molecule has 136 valence electrons. The number of aliphatic carboxylic acids is 1. The number of carboxylic acid groups (broad SMARTS) is 1. The van der Waals surface area contributed by atoms with Crippen molar-refractivity contribution in [1.82, 2.24) is 9.27 Å². The van der Waals surface area contributed by atoms with E-state index in [1.54, 1.807) is 38.2 Å². The number of amides is 3. The highest BCUT2D eigenvalue weighted by Gasteiger charge is 2.29. The molecule has 0 atom stereocenters. The monoisotopic (exact) mass is 375 g/mol. The molecule has 0 aliphatic carbocycles. The number of carbonyl (C=O) groups is 3. The van der Waals surface area contributed by atoms with Crippen molar-refractivity contribution in [2.24, 2.45) is 0 Å². The highest BCUT2D eigenvalue weighted by atomic mass is 32.1. The third kappa shape index (κ3) is 3.44. The molecule has 1 N–H and O–H groups in total. The second kappa shape index (κ2) is 7.22. The van der Waals surface area contributed by atoms with Crippen molar-refractivity contribution < 1.29 is 24.2 Å². The van der Waals surface area contributed by atoms with Crippen LogP contribution in [0.25, 0.3) is 10.1 Å². The largest absolute Gasteiger partial charge is 0.480 e. The highest BCUT2D eigenvalue weighted by molar-refractivity contribution is 7.13. The molecule has 0 fully saturated rings. The minimum Gasteiger partial charge on any atom is -0.480 e. The summed E-state index contributed by atoms with van der Waals surface area (Å²) in [4.78, 5) is 38.3. The van der Waals surface area contributed by atoms with E-state index in [0.29, 0.717) is 17.1 Å². The van der Waals surface area contributed by atoms with Crippen LogP contribution in [-0.4, -0.2) is 45.9 Å². The SMILES string of the molecule is CC1=CCC(=O)N(c2ccc3snc(COCC(=O)O)c3c2)C(=O)N1C. The lowest BCUT2D eigenvalue weighted by molar-refractivity contribution is -0.142. The maximum absolute atomic E-state index is 12.7. The molecule has 0 radical (unpaired) electrons. The van der Waals surface area contributed by atoms with Crippen LogP contribution in [0.2, 0.25) is 0 Å². The molecule has 1 aromatic heterocycles. The van der Waals surface area contributed by atoms with Gasteiger partial charge < -0.3 is 14.7 Å². The number of carbonyl (C=O) groups excluding carboxylic acids is 2. The third-order valence-electron chi connectivity index (χ3n) is 4.08. The molecule has 2 aromatic rings. The number of allylic oxidation sites excluding steroid dienone is 1. The van der Waals surface area contributed by atoms with Gasteiger partial charge in [-0.2, -0.15) is 4.37 Å². The van der Waals surface area contributed by atoms with E-state index >= 15 is 0 Å². The number of urea groups is 1. The molecule has 3 amide bonds. The fourth-order valence-corrected chi connectivity index (χ4v) is 3.34. The van der Waals surface area contributed by atoms with E-state index in [9.17, 15) is 14.4 Å². The average molecular weight is 375 g/mol. The molecule has 0 unspecified atom stereocenters. The Balaban J connectivity index is 1.93. The van der Waals surface area contributed by atoms with Crippen LogP contribution in [-0.2, 0) is 20.9 Å². The molecule has 0 bridgehead atoms. The summed E-state index contributed by atoms with van der Waals surface area (Å²) in [5, 5.41) is 9.40. The second-order valence-electron chi connectivity index (χ2n) is 5.82. The summed E-state index contributed by atoms with van der Waals surface area (Å²) in [6.07, 6.45) is 1.85. The van der Waals surface area contributed by atoms with Gasteiger partial charge in [0.15, 0.2) is 0 Å². The standard InChI is InChI=1S/C17H17N3O5S/c1-10-3-6-15(21)20(17(24)19(10)2)11-4-5-14-12(7-11)13(18-26-14)8-25-9-16(22)23/h3-5,7H,6,8-9H2,1-2H3,(H,22,23). The van der Waals surface area contributed by atoms with Crippen molar-refractivity contribution in [2.75, 3.05) is 18.6 Å². The van der Waals surface area contributed by atoms with Crippen molar-refractivity contribution in [3.05, 3.63) is 35.7 Å². The van der Waals surface area contributed by atoms with Crippen molar-refractivity contribution in [1.29, 1.82) is 0 Å². The van der Waals surface area contributed by atoms with Crippen LogP contribution < -0.4 is 4.90 Å². The Labute approximate surface area is 153 Å². The molecule has 0 saturated heterocycles. The van der Waals surface area contributed by atoms with Gasteiger partial charge in [0.2, 0.25) is 5.91 Å². The van der Waals surface area contributed by atoms with Gasteiger partial charge in [0, 0.05) is 24.6 Å². The zero-order chi connectivity index (χ0) is 18.8. The van der Waals surface area contributed by atoms with Gasteiger partial charge in [0.25, 0.3) is 0 Å². The van der Waals surface area contributed by atoms with E-state index in [1.807, 2.05) is 0 Å². The summed E-state index contributed by atoms with van der Waals surface area (Å²) >= 11 is 1.25. The first kappa shape index (κ1) is 18.0. The quantitative estimate of drug-likeness (QED) is 0.862. The van der Waals surface area contributed by atoms with E-state index in [2.05, 4.69) is 4.37 Å². The number of anilines is 1. The predicted octanol–water partition coefficient (Wildman–Crippen LogP) is 2.59. The number of carboxylic acids is 1. The normalized spacial score (nSPS) is 15.4. The topological polar surface area (TPSA) is 100 Å². The number of imide groups is 1. The number of fused-ring (bicyclic) bond motifs is 1. The molecule has 0 saturated carbocycles. The number of ether oxygens (including phenoxy) is 1. The Bertz CT molecular complexity index is 920. The van der Waals surface area contributed by atoms with E-state index in [1.165, 1.54) is 16.4 Å². The molecular weight excluding hydrogens is 358 g/mol. The Hall–Kier alpha value is -2.78. The molecule has 1 aliphatic heterocycles. The minimum atomic E-state index is -1.06. The van der Waals surface area contributed by atoms with Crippen LogP contribution in [0.4, 0.5) is 10.5 Å². The van der Waals surface area contributed by atoms with Crippen LogP contribution in [0.3, 0.4) is 0 Å². The molecule has 8 nitrogen and oxygen atoms in total. The molecule has 1 aliphatic rings. The highest BCUT2D eigenvalue weighted by Crippen LogP contribution is 2.30. The van der Waals surface area contributed by atoms with Gasteiger partial charge in [-0.3, -0.25) is 4.79 Å². The zero-order valence-corrected chi connectivity index (χ0v) is 15.1. The van der Waals surface area contributed by atoms with Crippen LogP contribution in [0.1, 0.15) is 19.0 Å². The van der Waals surface area contributed by atoms with Crippen LogP contribution >= 0.6 is 11.5 Å². The molecule has 1 aromatic carbocycles. The van der Waals surface area contributed by atoms with E-state index in [0.717, 1.165) is 15.0 Å². The fraction of sp³-hybridized carbons (Fsp3) is 0.294. The Morgan fingerprint density at radius 3 is 2.88 bits per heavy atom. The summed E-state index contributed by atoms with van der Waals surface area (Å²) < 4.78 is 10.2. The first-order valence-electron chi connectivity index (χ1n) is 7.83. The Morgan fingerprint density at radius 2 is 2.15 bits per heavy atom. The predicted molar refractivity (Wildman–Crippen MR) is 95.9 cm³/mol. The van der Waals surface area contributed by atoms with E-state index in [-0.39, 0.29) is 18.9 Å². The summed E-state index contributed by atoms with van der Waals surface area (Å²) in [6, 6.07) is 4.77. The number of rotatable bonds is 5. The number of nitrogens with zero attached hydrogens (tertiary/aromatic N) is 3. The first-order valence-corrected chi connectivity index (χ1v) is 8.61. The number of benzene rings is 1. The molecular formula is C17H17N3O5S. The second-order valence-corrected chi connectivity index (χ2v) is 6.62. The number of aromatic nitrogens is 1. The van der Waals surface area contributed by atoms with Gasteiger partial charge in [-0.05, 0) is 36.7 Å². The molecule has 9 heteroatoms. The summed E-state index contributed by atoms with van der Waals surface area (Å²) in [6.45, 7) is 1.40. The van der Waals surface area contributed by atoms with Gasteiger partial charge in [-0.1, -0.05) is 6.08 Å². The van der Waals surface area contributed by atoms with E-state index in [4.69, 9.17) is 9.84 Å². The number of hydrogen-bond donors (Lipinski definition) is 1. The van der Waals surface area contributed by atoms with Gasteiger partial charge in [-0.15, -0.1) is 0 Å². The van der Waals surface area contributed by atoms with Gasteiger partial charge in [0.1, 0.15) is 6.61 Å². The lowest BCUT2D eigenvalue weighted by Crippen LogP contribution is -2.42.